The van der Waals surface area contributed by atoms with Crippen LogP contribution in [0.25, 0.3) is 0 Å². The lowest BCUT2D eigenvalue weighted by atomic mass is 10.1. The van der Waals surface area contributed by atoms with Crippen LogP contribution in [0.5, 0.6) is 5.75 Å². The minimum absolute atomic E-state index is 0.106. The number of nitrogens with zero attached hydrogens (tertiary/aromatic N) is 1. The summed E-state index contributed by atoms with van der Waals surface area (Å²) in [6.45, 7) is 2.57. The molecule has 0 saturated carbocycles. The van der Waals surface area contributed by atoms with Gasteiger partial charge in [-0.15, -0.1) is 0 Å². The van der Waals surface area contributed by atoms with Crippen LogP contribution < -0.4 is 10.1 Å². The number of benzene rings is 2. The van der Waals surface area contributed by atoms with Crippen molar-refractivity contribution >= 4 is 46.0 Å². The first-order valence-electron chi connectivity index (χ1n) is 9.77. The highest BCUT2D eigenvalue weighted by molar-refractivity contribution is 14.1. The van der Waals surface area contributed by atoms with Gasteiger partial charge in [-0.1, -0.05) is 0 Å². The molecule has 2 aliphatic heterocycles. The van der Waals surface area contributed by atoms with E-state index in [0.717, 1.165) is 16.4 Å². The maximum absolute atomic E-state index is 12.7. The Bertz CT molecular complexity index is 986. The van der Waals surface area contributed by atoms with Crippen molar-refractivity contribution in [2.75, 3.05) is 18.5 Å². The molecule has 0 spiro atoms. The van der Waals surface area contributed by atoms with Crippen LogP contribution in [0.1, 0.15) is 40.5 Å². The summed E-state index contributed by atoms with van der Waals surface area (Å²) >= 11 is 2.19. The summed E-state index contributed by atoms with van der Waals surface area (Å²) in [5, 5.41) is 2.75. The second kappa shape index (κ2) is 8.73. The third kappa shape index (κ3) is 4.34. The number of hydrogen-bond acceptors (Lipinski definition) is 5. The van der Waals surface area contributed by atoms with E-state index in [1.54, 1.807) is 37.3 Å². The molecule has 0 aromatic heterocycles. The fraction of sp³-hybridized carbons (Fsp3) is 0.318. The molecule has 8 heteroatoms. The minimum atomic E-state index is -0.730. The van der Waals surface area contributed by atoms with Crippen molar-refractivity contribution in [1.29, 1.82) is 0 Å². The Morgan fingerprint density at radius 1 is 1.20 bits per heavy atom. The van der Waals surface area contributed by atoms with E-state index in [-0.39, 0.29) is 30.4 Å². The Morgan fingerprint density at radius 3 is 2.63 bits per heavy atom. The number of ether oxygens (including phenoxy) is 2. The topological polar surface area (TPSA) is 84.9 Å². The Hall–Kier alpha value is -2.46. The maximum atomic E-state index is 12.7. The molecule has 1 saturated heterocycles. The van der Waals surface area contributed by atoms with Crippen LogP contribution in [0.2, 0.25) is 0 Å². The molecular formula is C22H21IN2O5. The number of anilines is 1. The zero-order valence-electron chi connectivity index (χ0n) is 16.4. The lowest BCUT2D eigenvalue weighted by Gasteiger charge is -2.17. The smallest absolute Gasteiger partial charge is 0.265 e. The van der Waals surface area contributed by atoms with E-state index in [2.05, 4.69) is 27.9 Å². The number of carbonyl (C=O) groups excluding carboxylic acids is 3. The van der Waals surface area contributed by atoms with Crippen molar-refractivity contribution in [3.05, 3.63) is 57.2 Å². The Balaban J connectivity index is 1.42. The van der Waals surface area contributed by atoms with Gasteiger partial charge in [-0.25, -0.2) is 0 Å². The van der Waals surface area contributed by atoms with Gasteiger partial charge in [0.05, 0.1) is 23.8 Å². The summed E-state index contributed by atoms with van der Waals surface area (Å²) in [5.74, 6) is -0.428. The van der Waals surface area contributed by atoms with E-state index in [1.807, 2.05) is 12.1 Å². The summed E-state index contributed by atoms with van der Waals surface area (Å²) < 4.78 is 12.3. The largest absolute Gasteiger partial charge is 0.481 e. The fourth-order valence-electron chi connectivity index (χ4n) is 3.54. The molecule has 4 rings (SSSR count). The van der Waals surface area contributed by atoms with E-state index >= 15 is 0 Å². The van der Waals surface area contributed by atoms with Gasteiger partial charge in [0.25, 0.3) is 17.7 Å². The van der Waals surface area contributed by atoms with Crippen LogP contribution in [-0.4, -0.2) is 48.0 Å². The van der Waals surface area contributed by atoms with Gasteiger partial charge in [-0.3, -0.25) is 19.3 Å². The van der Waals surface area contributed by atoms with E-state index in [1.165, 1.54) is 4.90 Å². The molecule has 156 valence electrons. The van der Waals surface area contributed by atoms with E-state index in [0.29, 0.717) is 29.2 Å². The van der Waals surface area contributed by atoms with Gasteiger partial charge in [-0.2, -0.15) is 0 Å². The summed E-state index contributed by atoms with van der Waals surface area (Å²) in [5.41, 5.74) is 1.08. The molecule has 0 bridgehead atoms. The maximum Gasteiger partial charge on any atom is 0.265 e. The number of carbonyl (C=O) groups is 3. The van der Waals surface area contributed by atoms with Crippen molar-refractivity contribution in [1.82, 2.24) is 4.90 Å². The molecule has 7 nitrogen and oxygen atoms in total. The zero-order chi connectivity index (χ0) is 21.3. The SMILES string of the molecule is CC(Oc1ccc(I)cc1)C(=O)Nc1ccc2c(c1)C(=O)N(CC1CCCO1)C2=O. The molecule has 1 N–H and O–H groups in total. The first kappa shape index (κ1) is 20.8. The molecule has 2 atom stereocenters. The Kier molecular flexibility index (Phi) is 6.05. The van der Waals surface area contributed by atoms with Crippen molar-refractivity contribution in [2.24, 2.45) is 0 Å². The van der Waals surface area contributed by atoms with Crippen molar-refractivity contribution in [3.8, 4) is 5.75 Å². The first-order chi connectivity index (χ1) is 14.4. The Labute approximate surface area is 187 Å². The van der Waals surface area contributed by atoms with E-state index in [9.17, 15) is 14.4 Å². The molecule has 1 fully saturated rings. The van der Waals surface area contributed by atoms with Crippen LogP contribution in [0.4, 0.5) is 5.69 Å². The molecule has 2 aliphatic rings. The number of rotatable bonds is 6. The zero-order valence-corrected chi connectivity index (χ0v) is 18.5. The monoisotopic (exact) mass is 520 g/mol. The fourth-order valence-corrected chi connectivity index (χ4v) is 3.90. The number of amides is 3. The molecule has 2 aromatic rings. The van der Waals surface area contributed by atoms with Gasteiger partial charge in [0, 0.05) is 15.9 Å². The molecule has 2 unspecified atom stereocenters. The highest BCUT2D eigenvalue weighted by Gasteiger charge is 2.37. The van der Waals surface area contributed by atoms with Gasteiger partial charge < -0.3 is 14.8 Å². The van der Waals surface area contributed by atoms with Gasteiger partial charge in [0.1, 0.15) is 5.75 Å². The van der Waals surface area contributed by atoms with Gasteiger partial charge in [0.2, 0.25) is 0 Å². The molecule has 0 aliphatic carbocycles. The van der Waals surface area contributed by atoms with Crippen LogP contribution in [0.15, 0.2) is 42.5 Å². The second-order valence-electron chi connectivity index (χ2n) is 7.32. The summed E-state index contributed by atoms with van der Waals surface area (Å²) in [4.78, 5) is 39.1. The summed E-state index contributed by atoms with van der Waals surface area (Å²) in [6.07, 6.45) is 0.942. The second-order valence-corrected chi connectivity index (χ2v) is 8.57. The number of imide groups is 1. The van der Waals surface area contributed by atoms with Crippen molar-refractivity contribution in [3.63, 3.8) is 0 Å². The highest BCUT2D eigenvalue weighted by atomic mass is 127. The standard InChI is InChI=1S/C22H21IN2O5/c1-13(30-16-7-4-14(23)5-8-16)20(26)24-15-6-9-18-19(11-15)22(28)25(21(18)27)12-17-3-2-10-29-17/h4-9,11,13,17H,2-3,10,12H2,1H3,(H,24,26). The lowest BCUT2D eigenvalue weighted by molar-refractivity contribution is -0.122. The van der Waals surface area contributed by atoms with Crippen LogP contribution in [0.3, 0.4) is 0 Å². The lowest BCUT2D eigenvalue weighted by Crippen LogP contribution is -2.36. The highest BCUT2D eigenvalue weighted by Crippen LogP contribution is 2.27. The van der Waals surface area contributed by atoms with Gasteiger partial charge in [0.15, 0.2) is 6.10 Å². The normalized spacial score (nSPS) is 19.0. The number of hydrogen-bond donors (Lipinski definition) is 1. The van der Waals surface area contributed by atoms with E-state index < -0.39 is 6.10 Å². The molecule has 2 aromatic carbocycles. The number of nitrogens with one attached hydrogen (secondary N) is 1. The average molecular weight is 520 g/mol. The van der Waals surface area contributed by atoms with Gasteiger partial charge in [-0.05, 0) is 84.8 Å². The average Bonchev–Trinajstić information content (AvgIpc) is 3.33. The number of halogens is 1. The molecular weight excluding hydrogens is 499 g/mol. The summed E-state index contributed by atoms with van der Waals surface area (Å²) in [7, 11) is 0. The van der Waals surface area contributed by atoms with Crippen LogP contribution >= 0.6 is 22.6 Å². The quantitative estimate of drug-likeness (QED) is 0.466. The molecule has 30 heavy (non-hydrogen) atoms. The predicted octanol–water partition coefficient (Wildman–Crippen LogP) is 3.47. The van der Waals surface area contributed by atoms with Crippen molar-refractivity contribution in [2.45, 2.75) is 32.0 Å². The molecule has 2 heterocycles. The van der Waals surface area contributed by atoms with Gasteiger partial charge >= 0.3 is 0 Å². The third-order valence-electron chi connectivity index (χ3n) is 5.14. The molecule has 3 amide bonds. The van der Waals surface area contributed by atoms with Crippen LogP contribution in [-0.2, 0) is 9.53 Å². The summed E-state index contributed by atoms with van der Waals surface area (Å²) in [6, 6.07) is 12.1. The van der Waals surface area contributed by atoms with Crippen molar-refractivity contribution < 1.29 is 23.9 Å². The minimum Gasteiger partial charge on any atom is -0.481 e. The third-order valence-corrected chi connectivity index (χ3v) is 5.86. The predicted molar refractivity (Wildman–Crippen MR) is 119 cm³/mol. The molecule has 0 radical (unpaired) electrons. The Morgan fingerprint density at radius 2 is 1.93 bits per heavy atom. The van der Waals surface area contributed by atoms with E-state index in [4.69, 9.17) is 9.47 Å². The van der Waals surface area contributed by atoms with Crippen LogP contribution in [0, 0.1) is 3.57 Å². The first-order valence-corrected chi connectivity index (χ1v) is 10.8. The number of fused-ring (bicyclic) bond motifs is 1.